The molecule has 1 aromatic carbocycles. The number of benzene rings is 1. The van der Waals surface area contributed by atoms with Gasteiger partial charge in [-0.25, -0.2) is 4.39 Å². The van der Waals surface area contributed by atoms with Crippen molar-refractivity contribution < 1.29 is 13.9 Å². The summed E-state index contributed by atoms with van der Waals surface area (Å²) in [6, 6.07) is 4.57. The number of anilines is 1. The van der Waals surface area contributed by atoms with Crippen LogP contribution in [0.5, 0.6) is 0 Å². The molecule has 1 aliphatic heterocycles. The number of aldehydes is 1. The molecule has 0 amide bonds. The van der Waals surface area contributed by atoms with Gasteiger partial charge in [-0.05, 0) is 26.0 Å². The van der Waals surface area contributed by atoms with Crippen molar-refractivity contribution in [2.45, 2.75) is 19.4 Å². The van der Waals surface area contributed by atoms with Crippen LogP contribution in [0.25, 0.3) is 0 Å². The van der Waals surface area contributed by atoms with E-state index < -0.39 is 0 Å². The summed E-state index contributed by atoms with van der Waals surface area (Å²) in [7, 11) is 0. The van der Waals surface area contributed by atoms with E-state index in [1.165, 1.54) is 6.07 Å². The van der Waals surface area contributed by atoms with Crippen LogP contribution < -0.4 is 4.90 Å². The van der Waals surface area contributed by atoms with Crippen molar-refractivity contribution in [3.63, 3.8) is 0 Å². The zero-order chi connectivity index (χ0) is 12.5. The third-order valence-corrected chi connectivity index (χ3v) is 3.06. The lowest BCUT2D eigenvalue weighted by molar-refractivity contribution is 0.0638. The van der Waals surface area contributed by atoms with E-state index in [1.54, 1.807) is 12.1 Å². The SMILES string of the molecule is CC1(C)COCCN1c1c(F)cccc1C=O. The second-order valence-corrected chi connectivity index (χ2v) is 4.81. The summed E-state index contributed by atoms with van der Waals surface area (Å²) in [5.74, 6) is -0.357. The summed E-state index contributed by atoms with van der Waals surface area (Å²) in [6.07, 6.45) is 0.698. The van der Waals surface area contributed by atoms with Gasteiger partial charge in [0.15, 0.2) is 6.29 Å². The maximum atomic E-state index is 13.9. The summed E-state index contributed by atoms with van der Waals surface area (Å²) < 4.78 is 19.3. The van der Waals surface area contributed by atoms with Crippen LogP contribution in [0.4, 0.5) is 10.1 Å². The van der Waals surface area contributed by atoms with Gasteiger partial charge in [0, 0.05) is 12.1 Å². The van der Waals surface area contributed by atoms with Gasteiger partial charge >= 0.3 is 0 Å². The van der Waals surface area contributed by atoms with Gasteiger partial charge < -0.3 is 9.64 Å². The number of halogens is 1. The number of hydrogen-bond donors (Lipinski definition) is 0. The normalized spacial score (nSPS) is 19.1. The maximum Gasteiger partial charge on any atom is 0.152 e. The maximum absolute atomic E-state index is 13.9. The Morgan fingerprint density at radius 2 is 2.24 bits per heavy atom. The minimum absolute atomic E-state index is 0.307. The van der Waals surface area contributed by atoms with E-state index in [9.17, 15) is 9.18 Å². The third-order valence-electron chi connectivity index (χ3n) is 3.06. The Morgan fingerprint density at radius 1 is 1.47 bits per heavy atom. The van der Waals surface area contributed by atoms with E-state index >= 15 is 0 Å². The van der Waals surface area contributed by atoms with Crippen molar-refractivity contribution in [2.75, 3.05) is 24.7 Å². The lowest BCUT2D eigenvalue weighted by Crippen LogP contribution is -2.53. The standard InChI is InChI=1S/C13H16FNO2/c1-13(2)9-17-7-6-15(13)12-10(8-16)4-3-5-11(12)14/h3-5,8H,6-7,9H2,1-2H3. The van der Waals surface area contributed by atoms with E-state index in [0.717, 1.165) is 0 Å². The summed E-state index contributed by atoms with van der Waals surface area (Å²) in [6.45, 7) is 5.63. The highest BCUT2D eigenvalue weighted by atomic mass is 19.1. The fourth-order valence-electron chi connectivity index (χ4n) is 2.18. The first-order valence-electron chi connectivity index (χ1n) is 5.65. The van der Waals surface area contributed by atoms with Crippen LogP contribution in [0, 0.1) is 5.82 Å². The van der Waals surface area contributed by atoms with Crippen molar-refractivity contribution in [1.29, 1.82) is 0 Å². The Morgan fingerprint density at radius 3 is 2.88 bits per heavy atom. The highest BCUT2D eigenvalue weighted by Crippen LogP contribution is 2.31. The highest BCUT2D eigenvalue weighted by molar-refractivity contribution is 5.85. The number of nitrogens with zero attached hydrogens (tertiary/aromatic N) is 1. The molecule has 1 fully saturated rings. The minimum atomic E-state index is -0.357. The molecule has 3 nitrogen and oxygen atoms in total. The van der Waals surface area contributed by atoms with Crippen LogP contribution in [0.15, 0.2) is 18.2 Å². The number of morpholine rings is 1. The zero-order valence-electron chi connectivity index (χ0n) is 10.1. The monoisotopic (exact) mass is 237 g/mol. The largest absolute Gasteiger partial charge is 0.377 e. The Hall–Kier alpha value is -1.42. The topological polar surface area (TPSA) is 29.5 Å². The molecule has 0 N–H and O–H groups in total. The number of para-hydroxylation sites is 1. The Labute approximate surface area is 100 Å². The zero-order valence-corrected chi connectivity index (χ0v) is 10.1. The molecule has 92 valence electrons. The third kappa shape index (κ3) is 2.17. The fraction of sp³-hybridized carbons (Fsp3) is 0.462. The molecule has 0 bridgehead atoms. The van der Waals surface area contributed by atoms with E-state index in [0.29, 0.717) is 37.3 Å². The molecule has 0 radical (unpaired) electrons. The van der Waals surface area contributed by atoms with Crippen LogP contribution in [0.1, 0.15) is 24.2 Å². The Bertz CT molecular complexity index is 431. The van der Waals surface area contributed by atoms with E-state index in [-0.39, 0.29) is 11.4 Å². The second-order valence-electron chi connectivity index (χ2n) is 4.81. The van der Waals surface area contributed by atoms with Crippen molar-refractivity contribution in [2.24, 2.45) is 0 Å². The van der Waals surface area contributed by atoms with Crippen molar-refractivity contribution in [3.8, 4) is 0 Å². The fourth-order valence-corrected chi connectivity index (χ4v) is 2.18. The van der Waals surface area contributed by atoms with Gasteiger partial charge in [-0.2, -0.15) is 0 Å². The summed E-state index contributed by atoms with van der Waals surface area (Å²) in [5.41, 5.74) is 0.467. The number of hydrogen-bond acceptors (Lipinski definition) is 3. The summed E-state index contributed by atoms with van der Waals surface area (Å²) in [4.78, 5) is 12.9. The summed E-state index contributed by atoms with van der Waals surface area (Å²) >= 11 is 0. The average Bonchev–Trinajstić information content (AvgIpc) is 2.29. The molecule has 0 unspecified atom stereocenters. The van der Waals surface area contributed by atoms with Crippen LogP contribution in [0.3, 0.4) is 0 Å². The smallest absolute Gasteiger partial charge is 0.152 e. The molecular weight excluding hydrogens is 221 g/mol. The van der Waals surface area contributed by atoms with Gasteiger partial charge in [-0.15, -0.1) is 0 Å². The number of ether oxygens (including phenoxy) is 1. The molecule has 0 saturated carbocycles. The van der Waals surface area contributed by atoms with Crippen molar-refractivity contribution in [1.82, 2.24) is 0 Å². The minimum Gasteiger partial charge on any atom is -0.377 e. The summed E-state index contributed by atoms with van der Waals surface area (Å²) in [5, 5.41) is 0. The Kier molecular flexibility index (Phi) is 3.15. The van der Waals surface area contributed by atoms with Gasteiger partial charge in [0.1, 0.15) is 5.82 Å². The molecule has 1 saturated heterocycles. The molecule has 0 spiro atoms. The van der Waals surface area contributed by atoms with Gasteiger partial charge in [0.25, 0.3) is 0 Å². The molecule has 0 aliphatic carbocycles. The predicted molar refractivity (Wildman–Crippen MR) is 64.0 cm³/mol. The van der Waals surface area contributed by atoms with Crippen LogP contribution in [-0.2, 0) is 4.74 Å². The van der Waals surface area contributed by atoms with Gasteiger partial charge in [0.05, 0.1) is 24.4 Å². The average molecular weight is 237 g/mol. The molecule has 1 aromatic rings. The number of carbonyl (C=O) groups excluding carboxylic acids is 1. The van der Waals surface area contributed by atoms with Gasteiger partial charge in [0.2, 0.25) is 0 Å². The van der Waals surface area contributed by atoms with Gasteiger partial charge in [-0.3, -0.25) is 4.79 Å². The van der Waals surface area contributed by atoms with E-state index in [1.807, 2.05) is 18.7 Å². The van der Waals surface area contributed by atoms with E-state index in [4.69, 9.17) is 4.74 Å². The van der Waals surface area contributed by atoms with E-state index in [2.05, 4.69) is 0 Å². The molecule has 2 rings (SSSR count). The van der Waals surface area contributed by atoms with Crippen LogP contribution in [0.2, 0.25) is 0 Å². The van der Waals surface area contributed by atoms with Gasteiger partial charge in [-0.1, -0.05) is 6.07 Å². The van der Waals surface area contributed by atoms with Crippen LogP contribution >= 0.6 is 0 Å². The lowest BCUT2D eigenvalue weighted by Gasteiger charge is -2.44. The molecule has 1 heterocycles. The molecule has 4 heteroatoms. The first kappa shape index (κ1) is 12.0. The number of rotatable bonds is 2. The molecule has 0 aromatic heterocycles. The van der Waals surface area contributed by atoms with Crippen LogP contribution in [-0.4, -0.2) is 31.6 Å². The Balaban J connectivity index is 2.48. The lowest BCUT2D eigenvalue weighted by atomic mass is 9.99. The highest BCUT2D eigenvalue weighted by Gasteiger charge is 2.33. The molecule has 17 heavy (non-hydrogen) atoms. The predicted octanol–water partition coefficient (Wildman–Crippen LogP) is 2.25. The first-order valence-corrected chi connectivity index (χ1v) is 5.65. The molecule has 0 atom stereocenters. The first-order chi connectivity index (χ1) is 8.06. The quantitative estimate of drug-likeness (QED) is 0.739. The van der Waals surface area contributed by atoms with Crippen molar-refractivity contribution in [3.05, 3.63) is 29.6 Å². The van der Waals surface area contributed by atoms with Crippen molar-refractivity contribution >= 4 is 12.0 Å². The molecule has 1 aliphatic rings. The second kappa shape index (κ2) is 4.45. The molecular formula is C13H16FNO2. The number of carbonyl (C=O) groups is 1.